The van der Waals surface area contributed by atoms with Crippen molar-refractivity contribution in [2.24, 2.45) is 0 Å². The van der Waals surface area contributed by atoms with Crippen molar-refractivity contribution >= 4 is 34.7 Å². The van der Waals surface area contributed by atoms with E-state index < -0.39 is 17.2 Å². The number of hydrogen-bond donors (Lipinski definition) is 0. The van der Waals surface area contributed by atoms with Crippen LogP contribution in [0, 0.1) is 0 Å². The van der Waals surface area contributed by atoms with E-state index in [1.165, 1.54) is 57.1 Å². The zero-order valence-electron chi connectivity index (χ0n) is 15.5. The van der Waals surface area contributed by atoms with Crippen molar-refractivity contribution in [1.82, 2.24) is 0 Å². The van der Waals surface area contributed by atoms with Gasteiger partial charge in [0, 0.05) is 11.8 Å². The van der Waals surface area contributed by atoms with E-state index in [0.29, 0.717) is 10.4 Å². The molecule has 0 aliphatic rings. The molecule has 0 aromatic heterocycles. The Labute approximate surface area is 164 Å². The molecule has 148 valence electrons. The van der Waals surface area contributed by atoms with Crippen LogP contribution in [0.3, 0.4) is 0 Å². The fourth-order valence-corrected chi connectivity index (χ4v) is 3.06. The van der Waals surface area contributed by atoms with Gasteiger partial charge in [-0.2, -0.15) is 0 Å². The topological polar surface area (TPSA) is 69.7 Å². The van der Waals surface area contributed by atoms with E-state index >= 15 is 0 Å². The van der Waals surface area contributed by atoms with E-state index in [0.717, 1.165) is 19.3 Å². The van der Waals surface area contributed by atoms with Crippen LogP contribution >= 0.6 is 11.8 Å². The summed E-state index contributed by atoms with van der Waals surface area (Å²) in [5.41, 5.74) is 0.485. The van der Waals surface area contributed by atoms with Gasteiger partial charge in [-0.3, -0.25) is 4.21 Å². The highest BCUT2D eigenvalue weighted by molar-refractivity contribution is 7.82. The molecular formula is C19H29ClNO4S-. The Morgan fingerprint density at radius 2 is 1.65 bits per heavy atom. The van der Waals surface area contributed by atoms with Gasteiger partial charge in [0.2, 0.25) is 0 Å². The second kappa shape index (κ2) is 14.0. The molecule has 0 spiro atoms. The second-order valence-electron chi connectivity index (χ2n) is 6.33. The molecule has 7 heteroatoms. The quantitative estimate of drug-likeness (QED) is 0.178. The van der Waals surface area contributed by atoms with Gasteiger partial charge in [0.05, 0.1) is 29.1 Å². The van der Waals surface area contributed by atoms with Crippen molar-refractivity contribution < 1.29 is 18.3 Å². The fourth-order valence-electron chi connectivity index (χ4n) is 2.67. The summed E-state index contributed by atoms with van der Waals surface area (Å²) in [6, 6.07) is 6.03. The molecule has 1 rings (SSSR count). The van der Waals surface area contributed by atoms with Crippen LogP contribution < -0.4 is 3.82 Å². The number of benzene rings is 1. The predicted octanol–water partition coefficient (Wildman–Crippen LogP) is 5.52. The number of ether oxygens (including phenoxy) is 1. The Morgan fingerprint density at radius 3 is 2.23 bits per heavy atom. The monoisotopic (exact) mass is 402 g/mol. The van der Waals surface area contributed by atoms with Gasteiger partial charge in [-0.05, 0) is 24.6 Å². The standard InChI is InChI=1S/C19H30ClNO4S/c1-2-3-4-5-6-7-8-9-10-11-15-25-19(22)17-13-12-14-18(16-17)21(20)26(23)24/h12-14,16H,2-11,15H2,1H3,(H,23,24)/p-1. The van der Waals surface area contributed by atoms with Crippen molar-refractivity contribution in [3.8, 4) is 0 Å². The zero-order chi connectivity index (χ0) is 19.2. The number of unbranched alkanes of at least 4 members (excludes halogenated alkanes) is 9. The van der Waals surface area contributed by atoms with E-state index in [1.54, 1.807) is 12.1 Å². The number of hydrogen-bond acceptors (Lipinski definition) is 4. The lowest BCUT2D eigenvalue weighted by molar-refractivity contribution is 0.0497. The summed E-state index contributed by atoms with van der Waals surface area (Å²) >= 11 is 3.01. The van der Waals surface area contributed by atoms with E-state index in [4.69, 9.17) is 16.5 Å². The number of anilines is 1. The van der Waals surface area contributed by atoms with Crippen LogP contribution in [-0.4, -0.2) is 21.3 Å². The molecule has 0 N–H and O–H groups in total. The van der Waals surface area contributed by atoms with E-state index in [-0.39, 0.29) is 11.3 Å². The third kappa shape index (κ3) is 9.55. The van der Waals surface area contributed by atoms with Crippen LogP contribution in [0.5, 0.6) is 0 Å². The second-order valence-corrected chi connectivity index (χ2v) is 7.67. The molecule has 1 aromatic carbocycles. The third-order valence-electron chi connectivity index (χ3n) is 4.15. The average molecular weight is 403 g/mol. The van der Waals surface area contributed by atoms with Gasteiger partial charge in [-0.15, -0.1) is 0 Å². The molecule has 0 amide bonds. The van der Waals surface area contributed by atoms with Crippen molar-refractivity contribution in [2.75, 3.05) is 10.4 Å². The van der Waals surface area contributed by atoms with E-state index in [1.807, 2.05) is 0 Å². The lowest BCUT2D eigenvalue weighted by Gasteiger charge is -2.17. The Morgan fingerprint density at radius 1 is 1.08 bits per heavy atom. The number of rotatable bonds is 14. The maximum atomic E-state index is 12.0. The SMILES string of the molecule is CCCCCCCCCCCCOC(=O)c1cccc(N(Cl)S(=O)[O-])c1. The maximum Gasteiger partial charge on any atom is 0.338 e. The van der Waals surface area contributed by atoms with Gasteiger partial charge in [0.1, 0.15) is 0 Å². The predicted molar refractivity (Wildman–Crippen MR) is 106 cm³/mol. The maximum absolute atomic E-state index is 12.0. The Balaban J connectivity index is 2.15. The van der Waals surface area contributed by atoms with Gasteiger partial charge in [0.15, 0.2) is 0 Å². The zero-order valence-corrected chi connectivity index (χ0v) is 17.0. The van der Waals surface area contributed by atoms with E-state index in [9.17, 15) is 13.6 Å². The lowest BCUT2D eigenvalue weighted by atomic mass is 10.1. The lowest BCUT2D eigenvalue weighted by Crippen LogP contribution is -2.14. The Bertz CT molecular complexity index is 556. The molecule has 5 nitrogen and oxygen atoms in total. The van der Waals surface area contributed by atoms with Gasteiger partial charge >= 0.3 is 5.97 Å². The Hall–Kier alpha value is -1.11. The molecule has 1 unspecified atom stereocenters. The summed E-state index contributed by atoms with van der Waals surface area (Å²) in [4.78, 5) is 12.0. The smallest absolute Gasteiger partial charge is 0.338 e. The number of carbonyl (C=O) groups excluding carboxylic acids is 1. The van der Waals surface area contributed by atoms with Crippen molar-refractivity contribution in [3.63, 3.8) is 0 Å². The molecular weight excluding hydrogens is 374 g/mol. The highest BCUT2D eigenvalue weighted by Gasteiger charge is 2.10. The largest absolute Gasteiger partial charge is 0.754 e. The van der Waals surface area contributed by atoms with Crippen LogP contribution in [0.4, 0.5) is 5.69 Å². The summed E-state index contributed by atoms with van der Waals surface area (Å²) in [5, 5.41) is 0. The molecule has 0 aliphatic carbocycles. The molecule has 0 radical (unpaired) electrons. The minimum absolute atomic E-state index is 0.202. The van der Waals surface area contributed by atoms with Gasteiger partial charge in [0.25, 0.3) is 0 Å². The van der Waals surface area contributed by atoms with Gasteiger partial charge in [-0.1, -0.05) is 70.8 Å². The van der Waals surface area contributed by atoms with Crippen LogP contribution in [0.15, 0.2) is 24.3 Å². The number of carbonyl (C=O) groups is 1. The van der Waals surface area contributed by atoms with Gasteiger partial charge in [-0.25, -0.2) is 8.62 Å². The van der Waals surface area contributed by atoms with Crippen LogP contribution in [-0.2, 0) is 16.0 Å². The number of esters is 1. The Kier molecular flexibility index (Phi) is 12.4. The molecule has 0 saturated heterocycles. The van der Waals surface area contributed by atoms with Crippen LogP contribution in [0.25, 0.3) is 0 Å². The summed E-state index contributed by atoms with van der Waals surface area (Å²) in [5.74, 6) is -0.468. The first-order valence-electron chi connectivity index (χ1n) is 9.38. The first-order valence-corrected chi connectivity index (χ1v) is 10.8. The van der Waals surface area contributed by atoms with Crippen LogP contribution in [0.2, 0.25) is 0 Å². The average Bonchev–Trinajstić information content (AvgIpc) is 2.65. The summed E-state index contributed by atoms with van der Waals surface area (Å²) in [6.07, 6.45) is 12.2. The number of nitrogens with zero attached hydrogens (tertiary/aromatic N) is 1. The van der Waals surface area contributed by atoms with Gasteiger partial charge < -0.3 is 9.29 Å². The molecule has 0 saturated carbocycles. The fraction of sp³-hybridized carbons (Fsp3) is 0.632. The number of halogens is 1. The van der Waals surface area contributed by atoms with E-state index in [2.05, 4.69) is 6.92 Å². The van der Waals surface area contributed by atoms with Crippen molar-refractivity contribution in [3.05, 3.63) is 29.8 Å². The molecule has 0 aliphatic heterocycles. The summed E-state index contributed by atoms with van der Waals surface area (Å²) in [6.45, 7) is 2.60. The van der Waals surface area contributed by atoms with Crippen molar-refractivity contribution in [2.45, 2.75) is 71.1 Å². The first kappa shape index (κ1) is 22.9. The molecule has 0 heterocycles. The minimum atomic E-state index is -2.60. The first-order chi connectivity index (χ1) is 12.6. The van der Waals surface area contributed by atoms with Crippen molar-refractivity contribution in [1.29, 1.82) is 0 Å². The summed E-state index contributed by atoms with van der Waals surface area (Å²) in [7, 11) is 0. The molecule has 1 atom stereocenters. The summed E-state index contributed by atoms with van der Waals surface area (Å²) < 4.78 is 27.5. The highest BCUT2D eigenvalue weighted by atomic mass is 35.5. The molecule has 26 heavy (non-hydrogen) atoms. The molecule has 1 aromatic rings. The minimum Gasteiger partial charge on any atom is -0.754 e. The highest BCUT2D eigenvalue weighted by Crippen LogP contribution is 2.20. The molecule has 0 bridgehead atoms. The molecule has 0 fully saturated rings. The normalized spacial score (nSPS) is 12.0. The van der Waals surface area contributed by atoms with Crippen LogP contribution in [0.1, 0.15) is 81.5 Å². The third-order valence-corrected chi connectivity index (χ3v) is 5.15.